The lowest BCUT2D eigenvalue weighted by Crippen LogP contribution is -1.87. The number of H-pyrrole nitrogens is 1. The molecule has 0 saturated carbocycles. The SMILES string of the molecule is CSc1nnc2cc(-c3ccccc3)[nH]n12. The Kier molecular flexibility index (Phi) is 2.18. The maximum atomic E-state index is 4.10. The largest absolute Gasteiger partial charge is 0.290 e. The Morgan fingerprint density at radius 1 is 1.19 bits per heavy atom. The lowest BCUT2D eigenvalue weighted by molar-refractivity contribution is 0.827. The Bertz CT molecular complexity index is 611. The summed E-state index contributed by atoms with van der Waals surface area (Å²) in [5.74, 6) is 0. The molecule has 0 fully saturated rings. The molecule has 0 spiro atoms. The molecule has 1 N–H and O–H groups in total. The summed E-state index contributed by atoms with van der Waals surface area (Å²) in [4.78, 5) is 0. The number of aromatic nitrogens is 4. The van der Waals surface area contributed by atoms with Crippen molar-refractivity contribution >= 4 is 17.4 Å². The van der Waals surface area contributed by atoms with Crippen molar-refractivity contribution < 1.29 is 0 Å². The van der Waals surface area contributed by atoms with Gasteiger partial charge in [-0.25, -0.2) is 4.52 Å². The molecule has 0 atom stereocenters. The van der Waals surface area contributed by atoms with E-state index >= 15 is 0 Å². The predicted octanol–water partition coefficient (Wildman–Crippen LogP) is 2.45. The first-order valence-corrected chi connectivity index (χ1v) is 6.14. The van der Waals surface area contributed by atoms with Gasteiger partial charge >= 0.3 is 0 Å². The third kappa shape index (κ3) is 1.40. The third-order valence-corrected chi connectivity index (χ3v) is 3.06. The monoisotopic (exact) mass is 230 g/mol. The second-order valence-electron chi connectivity index (χ2n) is 3.42. The van der Waals surface area contributed by atoms with Crippen molar-refractivity contribution in [1.82, 2.24) is 19.8 Å². The van der Waals surface area contributed by atoms with Crippen LogP contribution in [0, 0.1) is 0 Å². The molecule has 0 aliphatic heterocycles. The average Bonchev–Trinajstić information content (AvgIpc) is 2.89. The predicted molar refractivity (Wildman–Crippen MR) is 64.6 cm³/mol. The fourth-order valence-electron chi connectivity index (χ4n) is 1.66. The van der Waals surface area contributed by atoms with Crippen LogP contribution >= 0.6 is 11.8 Å². The number of thioether (sulfide) groups is 1. The lowest BCUT2D eigenvalue weighted by Gasteiger charge is -1.96. The number of rotatable bonds is 2. The van der Waals surface area contributed by atoms with Crippen LogP contribution in [0.2, 0.25) is 0 Å². The van der Waals surface area contributed by atoms with E-state index in [2.05, 4.69) is 27.4 Å². The summed E-state index contributed by atoms with van der Waals surface area (Å²) < 4.78 is 1.90. The highest BCUT2D eigenvalue weighted by Crippen LogP contribution is 2.21. The fraction of sp³-hybridized carbons (Fsp3) is 0.0909. The molecule has 0 bridgehead atoms. The highest BCUT2D eigenvalue weighted by molar-refractivity contribution is 7.98. The van der Waals surface area contributed by atoms with E-state index in [-0.39, 0.29) is 0 Å². The van der Waals surface area contributed by atoms with Crippen LogP contribution < -0.4 is 0 Å². The minimum atomic E-state index is 0.850. The zero-order valence-corrected chi connectivity index (χ0v) is 9.53. The summed E-state index contributed by atoms with van der Waals surface area (Å²) in [5.41, 5.74) is 3.06. The first-order valence-electron chi connectivity index (χ1n) is 4.92. The minimum absolute atomic E-state index is 0.850. The van der Waals surface area contributed by atoms with E-state index in [0.29, 0.717) is 0 Å². The molecule has 4 nitrogen and oxygen atoms in total. The van der Waals surface area contributed by atoms with Crippen molar-refractivity contribution in [3.05, 3.63) is 36.4 Å². The van der Waals surface area contributed by atoms with E-state index in [1.165, 1.54) is 0 Å². The number of hydrogen-bond donors (Lipinski definition) is 1. The Morgan fingerprint density at radius 2 is 2.00 bits per heavy atom. The molecule has 80 valence electrons. The van der Waals surface area contributed by atoms with Crippen molar-refractivity contribution in [2.75, 3.05) is 6.26 Å². The minimum Gasteiger partial charge on any atom is -0.290 e. The number of aromatic amines is 1. The molecule has 1 aromatic carbocycles. The van der Waals surface area contributed by atoms with Gasteiger partial charge in [0.15, 0.2) is 5.65 Å². The zero-order chi connectivity index (χ0) is 11.0. The van der Waals surface area contributed by atoms with Gasteiger partial charge in [0.05, 0.1) is 5.69 Å². The smallest absolute Gasteiger partial charge is 0.210 e. The van der Waals surface area contributed by atoms with Crippen molar-refractivity contribution in [1.29, 1.82) is 0 Å². The molecule has 16 heavy (non-hydrogen) atoms. The second kappa shape index (κ2) is 3.68. The zero-order valence-electron chi connectivity index (χ0n) is 8.71. The van der Waals surface area contributed by atoms with E-state index in [1.54, 1.807) is 11.8 Å². The van der Waals surface area contributed by atoms with Gasteiger partial charge in [-0.2, -0.15) is 0 Å². The van der Waals surface area contributed by atoms with Crippen LogP contribution in [0.1, 0.15) is 0 Å². The maximum absolute atomic E-state index is 4.10. The normalized spacial score (nSPS) is 11.1. The molecule has 5 heteroatoms. The van der Waals surface area contributed by atoms with E-state index in [9.17, 15) is 0 Å². The van der Waals surface area contributed by atoms with Crippen LogP contribution in [0.25, 0.3) is 16.9 Å². The van der Waals surface area contributed by atoms with Crippen LogP contribution in [0.5, 0.6) is 0 Å². The lowest BCUT2D eigenvalue weighted by atomic mass is 10.2. The Balaban J connectivity index is 2.16. The summed E-state index contributed by atoms with van der Waals surface area (Å²) in [6, 6.07) is 12.2. The quantitative estimate of drug-likeness (QED) is 0.688. The molecule has 3 aromatic rings. The second-order valence-corrected chi connectivity index (χ2v) is 4.19. The van der Waals surface area contributed by atoms with E-state index < -0.39 is 0 Å². The van der Waals surface area contributed by atoms with E-state index in [0.717, 1.165) is 22.1 Å². The van der Waals surface area contributed by atoms with Crippen LogP contribution in [-0.4, -0.2) is 26.1 Å². The molecule has 0 unspecified atom stereocenters. The molecule has 0 saturated heterocycles. The number of benzene rings is 1. The van der Waals surface area contributed by atoms with Gasteiger partial charge < -0.3 is 0 Å². The van der Waals surface area contributed by atoms with Gasteiger partial charge in [-0.3, -0.25) is 5.10 Å². The van der Waals surface area contributed by atoms with Gasteiger partial charge in [0.25, 0.3) is 0 Å². The Hall–Kier alpha value is -1.75. The number of hydrogen-bond acceptors (Lipinski definition) is 3. The summed E-state index contributed by atoms with van der Waals surface area (Å²) in [5, 5.41) is 12.3. The first-order chi connectivity index (χ1) is 7.88. The number of fused-ring (bicyclic) bond motifs is 1. The molecule has 2 aromatic heterocycles. The summed E-state index contributed by atoms with van der Waals surface area (Å²) >= 11 is 1.57. The Labute approximate surface area is 96.7 Å². The van der Waals surface area contributed by atoms with Crippen molar-refractivity contribution in [2.24, 2.45) is 0 Å². The molecule has 0 amide bonds. The van der Waals surface area contributed by atoms with Crippen LogP contribution in [0.15, 0.2) is 41.6 Å². The van der Waals surface area contributed by atoms with Gasteiger partial charge in [0.1, 0.15) is 0 Å². The summed E-state index contributed by atoms with van der Waals surface area (Å²) in [6.07, 6.45) is 1.99. The molecule has 2 heterocycles. The maximum Gasteiger partial charge on any atom is 0.210 e. The molecular weight excluding hydrogens is 220 g/mol. The average molecular weight is 230 g/mol. The Morgan fingerprint density at radius 3 is 2.75 bits per heavy atom. The number of nitrogens with zero attached hydrogens (tertiary/aromatic N) is 3. The van der Waals surface area contributed by atoms with Gasteiger partial charge in [-0.1, -0.05) is 42.1 Å². The van der Waals surface area contributed by atoms with E-state index in [4.69, 9.17) is 0 Å². The van der Waals surface area contributed by atoms with Crippen LogP contribution in [0.3, 0.4) is 0 Å². The van der Waals surface area contributed by atoms with Gasteiger partial charge in [0, 0.05) is 6.07 Å². The van der Waals surface area contributed by atoms with Gasteiger partial charge in [-0.05, 0) is 11.8 Å². The highest BCUT2D eigenvalue weighted by atomic mass is 32.2. The molecule has 0 aliphatic rings. The number of nitrogens with one attached hydrogen (secondary N) is 1. The van der Waals surface area contributed by atoms with Crippen LogP contribution in [-0.2, 0) is 0 Å². The molecular formula is C11H10N4S. The first kappa shape index (κ1) is 9.47. The fourth-order valence-corrected chi connectivity index (χ4v) is 2.10. The summed E-state index contributed by atoms with van der Waals surface area (Å²) in [6.45, 7) is 0. The highest BCUT2D eigenvalue weighted by Gasteiger charge is 2.08. The molecule has 0 radical (unpaired) electrons. The van der Waals surface area contributed by atoms with Crippen molar-refractivity contribution in [3.63, 3.8) is 0 Å². The van der Waals surface area contributed by atoms with Crippen molar-refractivity contribution in [2.45, 2.75) is 5.16 Å². The van der Waals surface area contributed by atoms with Gasteiger partial charge in [-0.15, -0.1) is 10.2 Å². The third-order valence-electron chi connectivity index (χ3n) is 2.43. The van der Waals surface area contributed by atoms with Gasteiger partial charge in [0.2, 0.25) is 5.16 Å². The summed E-state index contributed by atoms with van der Waals surface area (Å²) in [7, 11) is 0. The van der Waals surface area contributed by atoms with Crippen LogP contribution in [0.4, 0.5) is 0 Å². The standard InChI is InChI=1S/C11H10N4S/c1-16-11-13-12-10-7-9(14-15(10)11)8-5-3-2-4-6-8/h2-7,14H,1H3. The molecule has 0 aliphatic carbocycles. The van der Waals surface area contributed by atoms with Crippen molar-refractivity contribution in [3.8, 4) is 11.3 Å². The molecule has 3 rings (SSSR count). The van der Waals surface area contributed by atoms with E-state index in [1.807, 2.05) is 35.0 Å². The topological polar surface area (TPSA) is 46.0 Å².